The summed E-state index contributed by atoms with van der Waals surface area (Å²) in [4.78, 5) is 13.0. The maximum atomic E-state index is 10.9. The molecule has 4 heteroatoms. The summed E-state index contributed by atoms with van der Waals surface area (Å²) in [7, 11) is 1.98. The lowest BCUT2D eigenvalue weighted by molar-refractivity contribution is -0.142. The maximum absolute atomic E-state index is 10.9. The summed E-state index contributed by atoms with van der Waals surface area (Å²) in [5, 5.41) is 9.01. The first-order chi connectivity index (χ1) is 8.52. The number of carbonyl (C=O) groups is 1. The third-order valence-corrected chi connectivity index (χ3v) is 3.60. The molecule has 3 nitrogen and oxygen atoms in total. The van der Waals surface area contributed by atoms with E-state index < -0.39 is 5.97 Å². The van der Waals surface area contributed by atoms with Crippen LogP contribution in [0.5, 0.6) is 0 Å². The molecule has 1 aromatic carbocycles. The van der Waals surface area contributed by atoms with Gasteiger partial charge in [-0.15, -0.1) is 0 Å². The molecule has 0 aliphatic heterocycles. The molecule has 1 N–H and O–H groups in total. The van der Waals surface area contributed by atoms with Gasteiger partial charge in [-0.25, -0.2) is 0 Å². The van der Waals surface area contributed by atoms with E-state index in [0.717, 1.165) is 17.4 Å². The molecule has 0 heterocycles. The van der Waals surface area contributed by atoms with E-state index in [1.54, 1.807) is 0 Å². The van der Waals surface area contributed by atoms with Gasteiger partial charge in [0.15, 0.2) is 0 Å². The van der Waals surface area contributed by atoms with E-state index in [4.69, 9.17) is 5.11 Å². The van der Waals surface area contributed by atoms with Crippen LogP contribution in [0, 0.1) is 5.92 Å². The van der Waals surface area contributed by atoms with Crippen molar-refractivity contribution < 1.29 is 9.90 Å². The molecule has 1 atom stereocenters. The van der Waals surface area contributed by atoms with Crippen LogP contribution >= 0.6 is 15.9 Å². The number of carboxylic acid groups (broad SMARTS) is 1. The van der Waals surface area contributed by atoms with Gasteiger partial charge in [-0.3, -0.25) is 4.79 Å². The van der Waals surface area contributed by atoms with Gasteiger partial charge in [0.2, 0.25) is 0 Å². The standard InChI is InChI=1S/C14H20BrNO2/c1-3-12(14(17)18)10-16(2)9-8-11-4-6-13(15)7-5-11/h4-7,12H,3,8-10H2,1-2H3,(H,17,18). The highest BCUT2D eigenvalue weighted by atomic mass is 79.9. The van der Waals surface area contributed by atoms with Gasteiger partial charge in [-0.2, -0.15) is 0 Å². The first kappa shape index (κ1) is 15.2. The minimum atomic E-state index is -0.701. The van der Waals surface area contributed by atoms with Crippen LogP contribution in [0.15, 0.2) is 28.7 Å². The number of carboxylic acids is 1. The van der Waals surface area contributed by atoms with E-state index in [2.05, 4.69) is 33.0 Å². The van der Waals surface area contributed by atoms with Gasteiger partial charge in [0.25, 0.3) is 0 Å². The number of nitrogens with zero attached hydrogens (tertiary/aromatic N) is 1. The van der Waals surface area contributed by atoms with Crippen LogP contribution < -0.4 is 0 Å². The predicted molar refractivity (Wildman–Crippen MR) is 76.8 cm³/mol. The van der Waals surface area contributed by atoms with Crippen molar-refractivity contribution in [2.24, 2.45) is 5.92 Å². The van der Waals surface area contributed by atoms with Gasteiger partial charge in [0.1, 0.15) is 0 Å². The molecule has 0 amide bonds. The molecule has 0 aromatic heterocycles. The first-order valence-electron chi connectivity index (χ1n) is 6.18. The van der Waals surface area contributed by atoms with Crippen molar-refractivity contribution in [3.63, 3.8) is 0 Å². The molecule has 0 saturated carbocycles. The zero-order valence-electron chi connectivity index (χ0n) is 10.9. The molecule has 18 heavy (non-hydrogen) atoms. The Hall–Kier alpha value is -0.870. The summed E-state index contributed by atoms with van der Waals surface area (Å²) in [6.45, 7) is 3.41. The second-order valence-electron chi connectivity index (χ2n) is 4.58. The second-order valence-corrected chi connectivity index (χ2v) is 5.50. The molecule has 0 bridgehead atoms. The third-order valence-electron chi connectivity index (χ3n) is 3.07. The second kappa shape index (κ2) is 7.54. The minimum Gasteiger partial charge on any atom is -0.481 e. The van der Waals surface area contributed by atoms with Crippen LogP contribution in [0.25, 0.3) is 0 Å². The highest BCUT2D eigenvalue weighted by molar-refractivity contribution is 9.10. The Bertz CT molecular complexity index is 378. The molecular formula is C14H20BrNO2. The van der Waals surface area contributed by atoms with Crippen molar-refractivity contribution in [3.8, 4) is 0 Å². The number of rotatable bonds is 7. The van der Waals surface area contributed by atoms with Gasteiger partial charge in [0, 0.05) is 17.6 Å². The number of hydrogen-bond acceptors (Lipinski definition) is 2. The first-order valence-corrected chi connectivity index (χ1v) is 6.98. The maximum Gasteiger partial charge on any atom is 0.307 e. The van der Waals surface area contributed by atoms with Crippen LogP contribution in [0.3, 0.4) is 0 Å². The number of hydrogen-bond donors (Lipinski definition) is 1. The van der Waals surface area contributed by atoms with E-state index >= 15 is 0 Å². The summed E-state index contributed by atoms with van der Waals surface area (Å²) in [5.41, 5.74) is 1.27. The van der Waals surface area contributed by atoms with Crippen molar-refractivity contribution in [2.45, 2.75) is 19.8 Å². The SMILES string of the molecule is CCC(CN(C)CCc1ccc(Br)cc1)C(=O)O. The van der Waals surface area contributed by atoms with Crippen molar-refractivity contribution in [1.82, 2.24) is 4.90 Å². The highest BCUT2D eigenvalue weighted by Crippen LogP contribution is 2.11. The fourth-order valence-corrected chi connectivity index (χ4v) is 2.08. The Labute approximate surface area is 117 Å². The summed E-state index contributed by atoms with van der Waals surface area (Å²) in [5.74, 6) is -0.965. The quantitative estimate of drug-likeness (QED) is 0.841. The smallest absolute Gasteiger partial charge is 0.307 e. The van der Waals surface area contributed by atoms with Crippen LogP contribution in [-0.2, 0) is 11.2 Å². The monoisotopic (exact) mass is 313 g/mol. The molecule has 0 aliphatic rings. The number of halogens is 1. The highest BCUT2D eigenvalue weighted by Gasteiger charge is 2.16. The zero-order chi connectivity index (χ0) is 13.5. The summed E-state index contributed by atoms with van der Waals surface area (Å²) < 4.78 is 1.08. The van der Waals surface area contributed by atoms with E-state index in [1.807, 2.05) is 26.1 Å². The molecule has 1 unspecified atom stereocenters. The molecule has 0 radical (unpaired) electrons. The summed E-state index contributed by atoms with van der Waals surface area (Å²) in [6.07, 6.45) is 1.62. The molecule has 100 valence electrons. The van der Waals surface area contributed by atoms with Crippen LogP contribution in [0.1, 0.15) is 18.9 Å². The third kappa shape index (κ3) is 5.19. The van der Waals surface area contributed by atoms with Gasteiger partial charge in [0.05, 0.1) is 5.92 Å². The topological polar surface area (TPSA) is 40.5 Å². The van der Waals surface area contributed by atoms with E-state index in [1.165, 1.54) is 5.56 Å². The van der Waals surface area contributed by atoms with E-state index in [9.17, 15) is 4.79 Å². The van der Waals surface area contributed by atoms with Gasteiger partial charge in [-0.1, -0.05) is 35.0 Å². The van der Waals surface area contributed by atoms with Crippen molar-refractivity contribution in [2.75, 3.05) is 20.1 Å². The Morgan fingerprint density at radius 1 is 1.39 bits per heavy atom. The molecule has 1 rings (SSSR count). The fourth-order valence-electron chi connectivity index (χ4n) is 1.82. The molecule has 0 fully saturated rings. The van der Waals surface area contributed by atoms with Crippen LogP contribution in [0.2, 0.25) is 0 Å². The fraction of sp³-hybridized carbons (Fsp3) is 0.500. The van der Waals surface area contributed by atoms with Crippen molar-refractivity contribution in [3.05, 3.63) is 34.3 Å². The Kier molecular flexibility index (Phi) is 6.36. The molecular weight excluding hydrogens is 294 g/mol. The van der Waals surface area contributed by atoms with E-state index in [-0.39, 0.29) is 5.92 Å². The molecule has 1 aromatic rings. The molecule has 0 spiro atoms. The largest absolute Gasteiger partial charge is 0.481 e. The lowest BCUT2D eigenvalue weighted by atomic mass is 10.1. The predicted octanol–water partition coefficient (Wildman–Crippen LogP) is 3.03. The van der Waals surface area contributed by atoms with Crippen molar-refractivity contribution in [1.29, 1.82) is 0 Å². The average Bonchev–Trinajstić information content (AvgIpc) is 2.35. The lowest BCUT2D eigenvalue weighted by Crippen LogP contribution is -2.31. The Morgan fingerprint density at radius 3 is 2.50 bits per heavy atom. The van der Waals surface area contributed by atoms with Gasteiger partial charge >= 0.3 is 5.97 Å². The molecule has 0 aliphatic carbocycles. The Morgan fingerprint density at radius 2 is 2.00 bits per heavy atom. The normalized spacial score (nSPS) is 12.7. The number of likely N-dealkylation sites (N-methyl/N-ethyl adjacent to an activating group) is 1. The molecule has 0 saturated heterocycles. The lowest BCUT2D eigenvalue weighted by Gasteiger charge is -2.20. The van der Waals surface area contributed by atoms with Crippen molar-refractivity contribution >= 4 is 21.9 Å². The van der Waals surface area contributed by atoms with E-state index in [0.29, 0.717) is 13.0 Å². The Balaban J connectivity index is 2.38. The van der Waals surface area contributed by atoms with Gasteiger partial charge < -0.3 is 10.0 Å². The summed E-state index contributed by atoms with van der Waals surface area (Å²) >= 11 is 3.41. The minimum absolute atomic E-state index is 0.264. The van der Waals surface area contributed by atoms with Crippen LogP contribution in [0.4, 0.5) is 0 Å². The zero-order valence-corrected chi connectivity index (χ0v) is 12.5. The number of aliphatic carboxylic acids is 1. The van der Waals surface area contributed by atoms with Gasteiger partial charge in [-0.05, 0) is 37.6 Å². The average molecular weight is 314 g/mol. The summed E-state index contributed by atoms with van der Waals surface area (Å²) in [6, 6.07) is 8.24. The number of benzene rings is 1. The van der Waals surface area contributed by atoms with Crippen LogP contribution in [-0.4, -0.2) is 36.1 Å².